The molecule has 0 radical (unpaired) electrons. The van der Waals surface area contributed by atoms with E-state index >= 15 is 0 Å². The van der Waals surface area contributed by atoms with E-state index < -0.39 is 0 Å². The number of thiophene rings is 1. The lowest BCUT2D eigenvalue weighted by Gasteiger charge is -1.96. The Morgan fingerprint density at radius 3 is 3.33 bits per heavy atom. The summed E-state index contributed by atoms with van der Waals surface area (Å²) in [6.07, 6.45) is 2.35. The van der Waals surface area contributed by atoms with Gasteiger partial charge in [-0.15, -0.1) is 11.3 Å². The third-order valence-corrected chi connectivity index (χ3v) is 2.93. The molecule has 0 fully saturated rings. The van der Waals surface area contributed by atoms with Gasteiger partial charge < -0.3 is 5.73 Å². The Bertz CT molecular complexity index is 216. The van der Waals surface area contributed by atoms with Crippen molar-refractivity contribution in [2.45, 2.75) is 18.9 Å². The summed E-state index contributed by atoms with van der Waals surface area (Å²) in [7, 11) is 0. The molecule has 1 aromatic rings. The van der Waals surface area contributed by atoms with Crippen LogP contribution < -0.4 is 5.73 Å². The van der Waals surface area contributed by atoms with Crippen molar-refractivity contribution < 1.29 is 0 Å². The zero-order valence-corrected chi connectivity index (χ0v) is 5.95. The van der Waals surface area contributed by atoms with Gasteiger partial charge in [-0.1, -0.05) is 0 Å². The van der Waals surface area contributed by atoms with Crippen molar-refractivity contribution in [1.82, 2.24) is 0 Å². The molecule has 0 bridgehead atoms. The zero-order chi connectivity index (χ0) is 6.27. The summed E-state index contributed by atoms with van der Waals surface area (Å²) in [6.45, 7) is 0. The molecule has 1 aliphatic carbocycles. The Morgan fingerprint density at radius 1 is 1.67 bits per heavy atom. The largest absolute Gasteiger partial charge is 0.323 e. The molecule has 2 rings (SSSR count). The highest BCUT2D eigenvalue weighted by atomic mass is 32.1. The Labute approximate surface area is 58.5 Å². The molecule has 2 heteroatoms. The number of hydrogen-bond acceptors (Lipinski definition) is 2. The summed E-state index contributed by atoms with van der Waals surface area (Å²) in [4.78, 5) is 1.41. The molecule has 0 spiro atoms. The lowest BCUT2D eigenvalue weighted by Crippen LogP contribution is -2.02. The van der Waals surface area contributed by atoms with E-state index in [0.29, 0.717) is 6.04 Å². The summed E-state index contributed by atoms with van der Waals surface area (Å²) >= 11 is 1.80. The van der Waals surface area contributed by atoms with Crippen LogP contribution in [0.1, 0.15) is 22.9 Å². The van der Waals surface area contributed by atoms with Crippen LogP contribution in [-0.4, -0.2) is 0 Å². The van der Waals surface area contributed by atoms with E-state index in [1.54, 1.807) is 11.3 Å². The number of aryl methyl sites for hydroxylation is 1. The molecule has 2 N–H and O–H groups in total. The van der Waals surface area contributed by atoms with Gasteiger partial charge in [-0.05, 0) is 29.9 Å². The van der Waals surface area contributed by atoms with Gasteiger partial charge in [0.15, 0.2) is 0 Å². The third-order valence-electron chi connectivity index (χ3n) is 1.84. The highest BCUT2D eigenvalue weighted by Crippen LogP contribution is 2.33. The van der Waals surface area contributed by atoms with E-state index in [4.69, 9.17) is 5.73 Å². The van der Waals surface area contributed by atoms with Gasteiger partial charge in [0.05, 0.1) is 0 Å². The third kappa shape index (κ3) is 0.705. The molecule has 1 heterocycles. The van der Waals surface area contributed by atoms with Crippen LogP contribution in [0.3, 0.4) is 0 Å². The van der Waals surface area contributed by atoms with Gasteiger partial charge in [-0.3, -0.25) is 0 Å². The fourth-order valence-corrected chi connectivity index (χ4v) is 2.31. The van der Waals surface area contributed by atoms with Gasteiger partial charge in [0.1, 0.15) is 0 Å². The summed E-state index contributed by atoms with van der Waals surface area (Å²) in [5.41, 5.74) is 7.28. The number of fused-ring (bicyclic) bond motifs is 1. The van der Waals surface area contributed by atoms with Crippen molar-refractivity contribution in [2.24, 2.45) is 5.73 Å². The number of nitrogens with two attached hydrogens (primary N) is 1. The van der Waals surface area contributed by atoms with Crippen molar-refractivity contribution in [3.63, 3.8) is 0 Å². The minimum Gasteiger partial charge on any atom is -0.323 e. The monoisotopic (exact) mass is 139 g/mol. The fraction of sp³-hybridized carbons (Fsp3) is 0.429. The standard InChI is InChI=1S/C7H9NS/c8-6-2-1-5-3-4-9-7(5)6/h3-4,6H,1-2,8H2. The zero-order valence-electron chi connectivity index (χ0n) is 5.13. The Balaban J connectivity index is 2.49. The normalized spacial score (nSPS) is 24.3. The molecule has 9 heavy (non-hydrogen) atoms. The van der Waals surface area contributed by atoms with Gasteiger partial charge in [-0.2, -0.15) is 0 Å². The second-order valence-electron chi connectivity index (χ2n) is 2.46. The van der Waals surface area contributed by atoms with Crippen LogP contribution in [0.25, 0.3) is 0 Å². The molecule has 1 aromatic heterocycles. The maximum absolute atomic E-state index is 5.80. The van der Waals surface area contributed by atoms with Gasteiger partial charge in [0, 0.05) is 10.9 Å². The van der Waals surface area contributed by atoms with Crippen LogP contribution in [0.4, 0.5) is 0 Å². The van der Waals surface area contributed by atoms with E-state index in [9.17, 15) is 0 Å². The van der Waals surface area contributed by atoms with Crippen molar-refractivity contribution in [1.29, 1.82) is 0 Å². The molecule has 0 amide bonds. The molecule has 0 saturated heterocycles. The van der Waals surface area contributed by atoms with Gasteiger partial charge in [0.25, 0.3) is 0 Å². The van der Waals surface area contributed by atoms with Crippen LogP contribution >= 0.6 is 11.3 Å². The Morgan fingerprint density at radius 2 is 2.56 bits per heavy atom. The highest BCUT2D eigenvalue weighted by molar-refractivity contribution is 7.10. The van der Waals surface area contributed by atoms with Gasteiger partial charge >= 0.3 is 0 Å². The molecule has 1 atom stereocenters. The fourth-order valence-electron chi connectivity index (χ4n) is 1.32. The van der Waals surface area contributed by atoms with Gasteiger partial charge in [-0.25, -0.2) is 0 Å². The molecular weight excluding hydrogens is 130 g/mol. The van der Waals surface area contributed by atoms with Crippen LogP contribution in [-0.2, 0) is 6.42 Å². The highest BCUT2D eigenvalue weighted by Gasteiger charge is 2.19. The molecule has 1 nitrogen and oxygen atoms in total. The van der Waals surface area contributed by atoms with E-state index in [1.807, 2.05) is 0 Å². The molecule has 48 valence electrons. The van der Waals surface area contributed by atoms with Crippen molar-refractivity contribution >= 4 is 11.3 Å². The van der Waals surface area contributed by atoms with E-state index in [0.717, 1.165) is 6.42 Å². The second kappa shape index (κ2) is 1.82. The predicted molar refractivity (Wildman–Crippen MR) is 39.6 cm³/mol. The molecule has 1 aliphatic rings. The van der Waals surface area contributed by atoms with E-state index in [-0.39, 0.29) is 0 Å². The summed E-state index contributed by atoms with van der Waals surface area (Å²) in [5, 5.41) is 2.13. The molecule has 0 saturated carbocycles. The Hall–Kier alpha value is -0.340. The minimum absolute atomic E-state index is 0.347. The topological polar surface area (TPSA) is 26.0 Å². The molecular formula is C7H9NS. The first-order valence-electron chi connectivity index (χ1n) is 3.20. The summed E-state index contributed by atoms with van der Waals surface area (Å²) in [5.74, 6) is 0. The number of hydrogen-bond donors (Lipinski definition) is 1. The van der Waals surface area contributed by atoms with Crippen molar-refractivity contribution in [3.05, 3.63) is 21.9 Å². The number of rotatable bonds is 0. The average Bonchev–Trinajstić information content (AvgIpc) is 2.35. The SMILES string of the molecule is NC1CCc2ccsc21. The van der Waals surface area contributed by atoms with Crippen molar-refractivity contribution in [3.8, 4) is 0 Å². The summed E-state index contributed by atoms with van der Waals surface area (Å²) < 4.78 is 0. The van der Waals surface area contributed by atoms with Gasteiger partial charge in [0.2, 0.25) is 0 Å². The predicted octanol–water partition coefficient (Wildman–Crippen LogP) is 1.69. The van der Waals surface area contributed by atoms with E-state index in [1.165, 1.54) is 16.9 Å². The van der Waals surface area contributed by atoms with Crippen LogP contribution in [0, 0.1) is 0 Å². The Kier molecular flexibility index (Phi) is 1.10. The second-order valence-corrected chi connectivity index (χ2v) is 3.40. The van der Waals surface area contributed by atoms with Crippen molar-refractivity contribution in [2.75, 3.05) is 0 Å². The average molecular weight is 139 g/mol. The lowest BCUT2D eigenvalue weighted by molar-refractivity contribution is 0.721. The smallest absolute Gasteiger partial charge is 0.0395 e. The minimum atomic E-state index is 0.347. The lowest BCUT2D eigenvalue weighted by atomic mass is 10.3. The molecule has 1 unspecified atom stereocenters. The summed E-state index contributed by atoms with van der Waals surface area (Å²) in [6, 6.07) is 2.53. The van der Waals surface area contributed by atoms with Crippen LogP contribution in [0.2, 0.25) is 0 Å². The first-order chi connectivity index (χ1) is 4.38. The first kappa shape index (κ1) is 5.45. The van der Waals surface area contributed by atoms with Crippen LogP contribution in [0.5, 0.6) is 0 Å². The maximum Gasteiger partial charge on any atom is 0.0395 e. The quantitative estimate of drug-likeness (QED) is 0.581. The molecule has 0 aromatic carbocycles. The molecule has 0 aliphatic heterocycles. The first-order valence-corrected chi connectivity index (χ1v) is 4.08. The van der Waals surface area contributed by atoms with Crippen LogP contribution in [0.15, 0.2) is 11.4 Å². The maximum atomic E-state index is 5.80. The van der Waals surface area contributed by atoms with E-state index in [2.05, 4.69) is 11.4 Å².